The van der Waals surface area contributed by atoms with E-state index < -0.39 is 6.09 Å². The molecule has 4 rings (SSSR count). The Bertz CT molecular complexity index is 958. The van der Waals surface area contributed by atoms with E-state index in [1.165, 1.54) is 4.90 Å². The summed E-state index contributed by atoms with van der Waals surface area (Å²) in [6.45, 7) is 4.53. The lowest BCUT2D eigenvalue weighted by Gasteiger charge is -2.34. The van der Waals surface area contributed by atoms with Crippen LogP contribution in [-0.4, -0.2) is 71.2 Å². The van der Waals surface area contributed by atoms with E-state index in [0.29, 0.717) is 18.1 Å². The number of hydrogen-bond donors (Lipinski definition) is 1. The highest BCUT2D eigenvalue weighted by molar-refractivity contribution is 6.30. The number of benzene rings is 1. The van der Waals surface area contributed by atoms with Crippen molar-refractivity contribution >= 4 is 29.4 Å². The van der Waals surface area contributed by atoms with E-state index in [1.807, 2.05) is 48.4 Å². The van der Waals surface area contributed by atoms with Crippen molar-refractivity contribution in [1.29, 1.82) is 0 Å². The monoisotopic (exact) mass is 456 g/mol. The molecule has 8 heteroatoms. The number of nitrogens with zero attached hydrogens (tertiary/aromatic N) is 4. The zero-order valence-corrected chi connectivity index (χ0v) is 19.2. The number of piperidine rings is 1. The minimum atomic E-state index is -0.984. The fourth-order valence-electron chi connectivity index (χ4n) is 4.80. The van der Waals surface area contributed by atoms with E-state index in [1.54, 1.807) is 7.05 Å². The molecule has 0 spiro atoms. The van der Waals surface area contributed by atoms with Crippen molar-refractivity contribution in [3.8, 4) is 0 Å². The van der Waals surface area contributed by atoms with Gasteiger partial charge in [-0.2, -0.15) is 0 Å². The van der Waals surface area contributed by atoms with Gasteiger partial charge in [0.05, 0.1) is 6.04 Å². The molecular weight excluding hydrogens is 428 g/mol. The van der Waals surface area contributed by atoms with Gasteiger partial charge in [-0.05, 0) is 49.1 Å². The van der Waals surface area contributed by atoms with Gasteiger partial charge in [-0.15, -0.1) is 0 Å². The summed E-state index contributed by atoms with van der Waals surface area (Å²) in [5.41, 5.74) is 2.13. The molecule has 7 nitrogen and oxygen atoms in total. The van der Waals surface area contributed by atoms with Gasteiger partial charge in [-0.3, -0.25) is 4.79 Å². The third-order valence-electron chi connectivity index (χ3n) is 6.76. The van der Waals surface area contributed by atoms with E-state index in [4.69, 9.17) is 11.6 Å². The van der Waals surface area contributed by atoms with Crippen LogP contribution in [0.2, 0.25) is 5.02 Å². The molecule has 1 N–H and O–H groups in total. The van der Waals surface area contributed by atoms with Crippen LogP contribution in [0.4, 0.5) is 10.6 Å². The second-order valence-corrected chi connectivity index (χ2v) is 9.25. The maximum atomic E-state index is 13.4. The molecule has 32 heavy (non-hydrogen) atoms. The minimum Gasteiger partial charge on any atom is -0.465 e. The highest BCUT2D eigenvalue weighted by Crippen LogP contribution is 2.34. The van der Waals surface area contributed by atoms with E-state index >= 15 is 0 Å². The number of carboxylic acid groups (broad SMARTS) is 1. The van der Waals surface area contributed by atoms with Crippen LogP contribution in [0.3, 0.4) is 0 Å². The standard InChI is InChI=1S/C24H29ClN4O3/c1-16-3-8-22(26-13-16)28-11-9-18(10-12-28)23(30)29-14-20(17-4-6-19(25)7-5-17)21(15-29)27(2)24(31)32/h3-8,13,18,20-21H,9-12,14-15H2,1-2H3,(H,31,32)/t20-,21+/m0/s1. The largest absolute Gasteiger partial charge is 0.465 e. The Hall–Kier alpha value is -2.80. The van der Waals surface area contributed by atoms with E-state index in [0.717, 1.165) is 42.9 Å². The van der Waals surface area contributed by atoms with Gasteiger partial charge in [0, 0.05) is 56.3 Å². The summed E-state index contributed by atoms with van der Waals surface area (Å²) in [5, 5.41) is 10.2. The van der Waals surface area contributed by atoms with Crippen molar-refractivity contribution in [2.24, 2.45) is 5.92 Å². The van der Waals surface area contributed by atoms with Crippen LogP contribution in [0.1, 0.15) is 29.9 Å². The summed E-state index contributed by atoms with van der Waals surface area (Å²) in [7, 11) is 1.58. The summed E-state index contributed by atoms with van der Waals surface area (Å²) in [6, 6.07) is 11.3. The summed E-state index contributed by atoms with van der Waals surface area (Å²) in [4.78, 5) is 35.0. The molecule has 1 aromatic heterocycles. The Kier molecular flexibility index (Phi) is 6.55. The first-order valence-electron chi connectivity index (χ1n) is 11.0. The van der Waals surface area contributed by atoms with Crippen LogP contribution >= 0.6 is 11.6 Å². The number of aromatic nitrogens is 1. The number of anilines is 1. The second-order valence-electron chi connectivity index (χ2n) is 8.82. The molecular formula is C24H29ClN4O3. The molecule has 3 heterocycles. The smallest absolute Gasteiger partial charge is 0.407 e. The van der Waals surface area contributed by atoms with Gasteiger partial charge in [0.15, 0.2) is 0 Å². The number of halogens is 1. The van der Waals surface area contributed by atoms with Gasteiger partial charge in [0.2, 0.25) is 5.91 Å². The zero-order chi connectivity index (χ0) is 22.8. The second kappa shape index (κ2) is 9.36. The van der Waals surface area contributed by atoms with Crippen molar-refractivity contribution in [2.45, 2.75) is 31.7 Å². The number of amides is 2. The average molecular weight is 457 g/mol. The average Bonchev–Trinajstić information content (AvgIpc) is 3.24. The molecule has 0 saturated carbocycles. The molecule has 2 atom stereocenters. The molecule has 0 bridgehead atoms. The Morgan fingerprint density at radius 1 is 1.09 bits per heavy atom. The summed E-state index contributed by atoms with van der Waals surface area (Å²) in [5.74, 6) is 0.959. The van der Waals surface area contributed by atoms with Crippen molar-refractivity contribution < 1.29 is 14.7 Å². The van der Waals surface area contributed by atoms with Crippen LogP contribution in [0, 0.1) is 12.8 Å². The quantitative estimate of drug-likeness (QED) is 0.755. The third-order valence-corrected chi connectivity index (χ3v) is 7.01. The van der Waals surface area contributed by atoms with Crippen LogP contribution in [0.5, 0.6) is 0 Å². The first kappa shape index (κ1) is 22.4. The lowest BCUT2D eigenvalue weighted by molar-refractivity contribution is -0.135. The number of carbonyl (C=O) groups excluding carboxylic acids is 1. The normalized spacial score (nSPS) is 21.6. The van der Waals surface area contributed by atoms with Crippen LogP contribution in [0.15, 0.2) is 42.6 Å². The fourth-order valence-corrected chi connectivity index (χ4v) is 4.93. The Balaban J connectivity index is 1.43. The maximum Gasteiger partial charge on any atom is 0.407 e. The molecule has 2 aromatic rings. The number of carbonyl (C=O) groups is 2. The molecule has 2 aliphatic rings. The van der Waals surface area contributed by atoms with Crippen molar-refractivity contribution in [1.82, 2.24) is 14.8 Å². The van der Waals surface area contributed by atoms with Gasteiger partial charge in [0.25, 0.3) is 0 Å². The van der Waals surface area contributed by atoms with Crippen molar-refractivity contribution in [2.75, 3.05) is 38.1 Å². The first-order valence-corrected chi connectivity index (χ1v) is 11.4. The van der Waals surface area contributed by atoms with Gasteiger partial charge >= 0.3 is 6.09 Å². The van der Waals surface area contributed by atoms with Gasteiger partial charge in [-0.25, -0.2) is 9.78 Å². The lowest BCUT2D eigenvalue weighted by atomic mass is 9.93. The van der Waals surface area contributed by atoms with Gasteiger partial charge < -0.3 is 19.8 Å². The van der Waals surface area contributed by atoms with E-state index in [2.05, 4.69) is 16.0 Å². The highest BCUT2D eigenvalue weighted by atomic mass is 35.5. The first-order chi connectivity index (χ1) is 15.3. The highest BCUT2D eigenvalue weighted by Gasteiger charge is 2.42. The number of aryl methyl sites for hydroxylation is 1. The maximum absolute atomic E-state index is 13.4. The number of pyridine rings is 1. The molecule has 2 saturated heterocycles. The van der Waals surface area contributed by atoms with E-state index in [9.17, 15) is 14.7 Å². The summed E-state index contributed by atoms with van der Waals surface area (Å²) in [6.07, 6.45) is 2.43. The summed E-state index contributed by atoms with van der Waals surface area (Å²) < 4.78 is 0. The molecule has 170 valence electrons. The zero-order valence-electron chi connectivity index (χ0n) is 18.4. The van der Waals surface area contributed by atoms with Crippen molar-refractivity contribution in [3.63, 3.8) is 0 Å². The number of likely N-dealkylation sites (tertiary alicyclic amines) is 1. The van der Waals surface area contributed by atoms with Crippen LogP contribution in [-0.2, 0) is 4.79 Å². The topological polar surface area (TPSA) is 77.0 Å². The molecule has 2 fully saturated rings. The Morgan fingerprint density at radius 2 is 1.78 bits per heavy atom. The number of hydrogen-bond acceptors (Lipinski definition) is 4. The molecule has 2 amide bonds. The molecule has 0 unspecified atom stereocenters. The van der Waals surface area contributed by atoms with Crippen LogP contribution < -0.4 is 4.90 Å². The summed E-state index contributed by atoms with van der Waals surface area (Å²) >= 11 is 6.03. The SMILES string of the molecule is Cc1ccc(N2CCC(C(=O)N3C[C@@H](N(C)C(=O)O)[C@H](c4ccc(Cl)cc4)C3)CC2)nc1. The molecule has 0 aliphatic carbocycles. The Morgan fingerprint density at radius 3 is 2.38 bits per heavy atom. The van der Waals surface area contributed by atoms with Gasteiger partial charge in [-0.1, -0.05) is 29.8 Å². The lowest BCUT2D eigenvalue weighted by Crippen LogP contribution is -2.44. The number of likely N-dealkylation sites (N-methyl/N-ethyl adjacent to an activating group) is 1. The predicted molar refractivity (Wildman–Crippen MR) is 124 cm³/mol. The number of rotatable bonds is 4. The fraction of sp³-hybridized carbons (Fsp3) is 0.458. The van der Waals surface area contributed by atoms with Gasteiger partial charge in [0.1, 0.15) is 5.82 Å². The van der Waals surface area contributed by atoms with Crippen LogP contribution in [0.25, 0.3) is 0 Å². The predicted octanol–water partition coefficient (Wildman–Crippen LogP) is 3.86. The van der Waals surface area contributed by atoms with E-state index in [-0.39, 0.29) is 23.8 Å². The van der Waals surface area contributed by atoms with Crippen molar-refractivity contribution in [3.05, 3.63) is 58.7 Å². The minimum absolute atomic E-state index is 0.0450. The molecule has 1 aromatic carbocycles. The third kappa shape index (κ3) is 4.67. The molecule has 0 radical (unpaired) electrons. The molecule has 2 aliphatic heterocycles. The Labute approximate surface area is 193 Å².